The van der Waals surface area contributed by atoms with Crippen LogP contribution in [-0.4, -0.2) is 6.29 Å². The van der Waals surface area contributed by atoms with Crippen LogP contribution < -0.4 is 0 Å². The number of hydrogen-bond donors (Lipinski definition) is 0. The van der Waals surface area contributed by atoms with E-state index in [1.165, 1.54) is 30.9 Å². The van der Waals surface area contributed by atoms with Crippen molar-refractivity contribution in [1.82, 2.24) is 0 Å². The summed E-state index contributed by atoms with van der Waals surface area (Å²) in [5, 5.41) is 0. The van der Waals surface area contributed by atoms with Gasteiger partial charge in [0, 0.05) is 11.1 Å². The highest BCUT2D eigenvalue weighted by molar-refractivity contribution is 5.77. The maximum absolute atomic E-state index is 13.9. The molecule has 0 unspecified atom stereocenters. The standard InChI is InChI=1S/C17H15FO/c18-17-10-12(11-19)4-9-16(17)15-7-5-14(6-8-15)13-2-1-3-13/h4-11,13H,1-3H2. The molecule has 2 aromatic rings. The Morgan fingerprint density at radius 3 is 2.32 bits per heavy atom. The first-order chi connectivity index (χ1) is 9.28. The number of carbonyl (C=O) groups excluding carboxylic acids is 1. The summed E-state index contributed by atoms with van der Waals surface area (Å²) in [5.41, 5.74) is 3.12. The summed E-state index contributed by atoms with van der Waals surface area (Å²) < 4.78 is 13.9. The molecule has 1 nitrogen and oxygen atoms in total. The average Bonchev–Trinajstić information content (AvgIpc) is 2.38. The molecule has 0 N–H and O–H groups in total. The second-order valence-corrected chi connectivity index (χ2v) is 5.11. The summed E-state index contributed by atoms with van der Waals surface area (Å²) in [4.78, 5) is 10.6. The zero-order valence-electron chi connectivity index (χ0n) is 10.6. The van der Waals surface area contributed by atoms with Gasteiger partial charge in [0.1, 0.15) is 12.1 Å². The first-order valence-electron chi connectivity index (χ1n) is 6.63. The molecule has 2 aromatic carbocycles. The Labute approximate surface area is 112 Å². The summed E-state index contributed by atoms with van der Waals surface area (Å²) in [7, 11) is 0. The molecule has 0 bridgehead atoms. The van der Waals surface area contributed by atoms with Crippen LogP contribution in [0.1, 0.15) is 41.1 Å². The zero-order valence-corrected chi connectivity index (χ0v) is 10.6. The largest absolute Gasteiger partial charge is 0.298 e. The van der Waals surface area contributed by atoms with Crippen LogP contribution in [0.2, 0.25) is 0 Å². The first kappa shape index (κ1) is 12.1. The van der Waals surface area contributed by atoms with Gasteiger partial charge in [-0.05, 0) is 36.0 Å². The van der Waals surface area contributed by atoms with Crippen LogP contribution in [0, 0.1) is 5.82 Å². The molecular formula is C17H15FO. The number of benzene rings is 2. The monoisotopic (exact) mass is 254 g/mol. The van der Waals surface area contributed by atoms with Crippen molar-refractivity contribution in [3.8, 4) is 11.1 Å². The predicted octanol–water partition coefficient (Wildman–Crippen LogP) is 4.57. The average molecular weight is 254 g/mol. The van der Waals surface area contributed by atoms with Crippen LogP contribution in [0.15, 0.2) is 42.5 Å². The van der Waals surface area contributed by atoms with Gasteiger partial charge in [0.2, 0.25) is 0 Å². The van der Waals surface area contributed by atoms with E-state index in [2.05, 4.69) is 12.1 Å². The Balaban J connectivity index is 1.91. The lowest BCUT2D eigenvalue weighted by Gasteiger charge is -2.25. The molecule has 1 fully saturated rings. The number of halogens is 1. The summed E-state index contributed by atoms with van der Waals surface area (Å²) >= 11 is 0. The summed E-state index contributed by atoms with van der Waals surface area (Å²) in [5.74, 6) is 0.345. The maximum Gasteiger partial charge on any atom is 0.150 e. The van der Waals surface area contributed by atoms with Crippen molar-refractivity contribution < 1.29 is 9.18 Å². The van der Waals surface area contributed by atoms with E-state index in [0.717, 1.165) is 5.56 Å². The van der Waals surface area contributed by atoms with Crippen LogP contribution in [0.3, 0.4) is 0 Å². The van der Waals surface area contributed by atoms with Crippen LogP contribution in [0.25, 0.3) is 11.1 Å². The fourth-order valence-corrected chi connectivity index (χ4v) is 2.52. The third-order valence-corrected chi connectivity index (χ3v) is 3.93. The highest BCUT2D eigenvalue weighted by Gasteiger charge is 2.19. The van der Waals surface area contributed by atoms with E-state index in [-0.39, 0.29) is 5.82 Å². The van der Waals surface area contributed by atoms with E-state index in [1.54, 1.807) is 12.1 Å². The van der Waals surface area contributed by atoms with E-state index < -0.39 is 0 Å². The fraction of sp³-hybridized carbons (Fsp3) is 0.235. The fourth-order valence-electron chi connectivity index (χ4n) is 2.52. The maximum atomic E-state index is 13.9. The predicted molar refractivity (Wildman–Crippen MR) is 73.8 cm³/mol. The van der Waals surface area contributed by atoms with Crippen LogP contribution >= 0.6 is 0 Å². The molecule has 1 saturated carbocycles. The third-order valence-electron chi connectivity index (χ3n) is 3.93. The Bertz CT molecular complexity index is 597. The molecule has 0 heterocycles. The van der Waals surface area contributed by atoms with E-state index >= 15 is 0 Å². The summed E-state index contributed by atoms with van der Waals surface area (Å²) in [6, 6.07) is 12.7. The van der Waals surface area contributed by atoms with Gasteiger partial charge in [-0.25, -0.2) is 4.39 Å². The Morgan fingerprint density at radius 2 is 1.79 bits per heavy atom. The first-order valence-corrected chi connectivity index (χ1v) is 6.63. The van der Waals surface area contributed by atoms with Gasteiger partial charge >= 0.3 is 0 Å². The number of aldehydes is 1. The molecule has 0 aromatic heterocycles. The molecule has 0 amide bonds. The van der Waals surface area contributed by atoms with Gasteiger partial charge in [-0.15, -0.1) is 0 Å². The summed E-state index contributed by atoms with van der Waals surface area (Å²) in [6.45, 7) is 0. The molecule has 0 atom stereocenters. The van der Waals surface area contributed by atoms with Crippen molar-refractivity contribution in [2.45, 2.75) is 25.2 Å². The molecule has 1 aliphatic rings. The van der Waals surface area contributed by atoms with Crippen molar-refractivity contribution in [3.63, 3.8) is 0 Å². The van der Waals surface area contributed by atoms with Crippen molar-refractivity contribution in [2.75, 3.05) is 0 Å². The van der Waals surface area contributed by atoms with E-state index in [9.17, 15) is 9.18 Å². The van der Waals surface area contributed by atoms with Crippen molar-refractivity contribution in [2.24, 2.45) is 0 Å². The van der Waals surface area contributed by atoms with Gasteiger partial charge in [-0.3, -0.25) is 4.79 Å². The smallest absolute Gasteiger partial charge is 0.150 e. The number of hydrogen-bond acceptors (Lipinski definition) is 1. The van der Waals surface area contributed by atoms with Gasteiger partial charge in [-0.1, -0.05) is 42.8 Å². The lowest BCUT2D eigenvalue weighted by molar-refractivity contribution is 0.112. The van der Waals surface area contributed by atoms with Crippen molar-refractivity contribution >= 4 is 6.29 Å². The normalized spacial score (nSPS) is 15.0. The molecule has 19 heavy (non-hydrogen) atoms. The SMILES string of the molecule is O=Cc1ccc(-c2ccc(C3CCC3)cc2)c(F)c1. The third kappa shape index (κ3) is 2.30. The molecule has 0 saturated heterocycles. The molecule has 1 aliphatic carbocycles. The van der Waals surface area contributed by atoms with Gasteiger partial charge in [0.15, 0.2) is 0 Å². The van der Waals surface area contributed by atoms with Crippen molar-refractivity contribution in [3.05, 3.63) is 59.4 Å². The minimum absolute atomic E-state index is 0.346. The zero-order chi connectivity index (χ0) is 13.2. The Morgan fingerprint density at radius 1 is 1.05 bits per heavy atom. The van der Waals surface area contributed by atoms with Crippen LogP contribution in [0.5, 0.6) is 0 Å². The molecule has 2 heteroatoms. The highest BCUT2D eigenvalue weighted by Crippen LogP contribution is 2.37. The molecule has 0 radical (unpaired) electrons. The topological polar surface area (TPSA) is 17.1 Å². The van der Waals surface area contributed by atoms with E-state index in [1.807, 2.05) is 12.1 Å². The Kier molecular flexibility index (Phi) is 3.16. The Hall–Kier alpha value is -1.96. The number of carbonyl (C=O) groups is 1. The number of rotatable bonds is 3. The van der Waals surface area contributed by atoms with Gasteiger partial charge in [0.05, 0.1) is 0 Å². The molecular weight excluding hydrogens is 239 g/mol. The van der Waals surface area contributed by atoms with Gasteiger partial charge < -0.3 is 0 Å². The van der Waals surface area contributed by atoms with Gasteiger partial charge in [0.25, 0.3) is 0 Å². The van der Waals surface area contributed by atoms with E-state index in [4.69, 9.17) is 0 Å². The highest BCUT2D eigenvalue weighted by atomic mass is 19.1. The molecule has 0 spiro atoms. The van der Waals surface area contributed by atoms with Crippen LogP contribution in [-0.2, 0) is 0 Å². The van der Waals surface area contributed by atoms with Crippen molar-refractivity contribution in [1.29, 1.82) is 0 Å². The molecule has 96 valence electrons. The minimum atomic E-state index is -0.346. The minimum Gasteiger partial charge on any atom is -0.298 e. The second-order valence-electron chi connectivity index (χ2n) is 5.11. The second kappa shape index (κ2) is 4.96. The van der Waals surface area contributed by atoms with Gasteiger partial charge in [-0.2, -0.15) is 0 Å². The lowest BCUT2D eigenvalue weighted by atomic mass is 9.80. The quantitative estimate of drug-likeness (QED) is 0.733. The molecule has 0 aliphatic heterocycles. The van der Waals surface area contributed by atoms with E-state index in [0.29, 0.717) is 23.3 Å². The summed E-state index contributed by atoms with van der Waals surface area (Å²) in [6.07, 6.45) is 4.50. The lowest BCUT2D eigenvalue weighted by Crippen LogP contribution is -2.08. The molecule has 3 rings (SSSR count). The van der Waals surface area contributed by atoms with Crippen LogP contribution in [0.4, 0.5) is 4.39 Å².